The van der Waals surface area contributed by atoms with E-state index in [1.165, 1.54) is 12.4 Å². The Morgan fingerprint density at radius 2 is 2.03 bits per heavy atom. The molecule has 1 saturated heterocycles. The van der Waals surface area contributed by atoms with Crippen molar-refractivity contribution in [1.29, 1.82) is 0 Å². The van der Waals surface area contributed by atoms with Gasteiger partial charge in [0.15, 0.2) is 0 Å². The largest absolute Gasteiger partial charge is 0.383 e. The highest BCUT2D eigenvalue weighted by molar-refractivity contribution is 6.30. The molecule has 0 aliphatic carbocycles. The SMILES string of the molecule is Cc1nc(N)c(CCC2CCN(C(=O)CNC(=O)c3ccnnc3)CC2)c(Cl)n1. The highest BCUT2D eigenvalue weighted by atomic mass is 35.5. The lowest BCUT2D eigenvalue weighted by atomic mass is 9.91. The molecule has 2 aromatic rings. The van der Waals surface area contributed by atoms with Crippen molar-refractivity contribution >= 4 is 29.2 Å². The van der Waals surface area contributed by atoms with E-state index < -0.39 is 0 Å². The summed E-state index contributed by atoms with van der Waals surface area (Å²) in [5.41, 5.74) is 7.14. The first-order valence-corrected chi connectivity index (χ1v) is 9.93. The first-order valence-electron chi connectivity index (χ1n) is 9.55. The van der Waals surface area contributed by atoms with Gasteiger partial charge in [-0.15, -0.1) is 0 Å². The third-order valence-corrected chi connectivity index (χ3v) is 5.43. The van der Waals surface area contributed by atoms with Crippen LogP contribution in [0.2, 0.25) is 5.15 Å². The highest BCUT2D eigenvalue weighted by Crippen LogP contribution is 2.26. The van der Waals surface area contributed by atoms with Crippen molar-refractivity contribution < 1.29 is 9.59 Å². The molecule has 154 valence electrons. The molecule has 0 aromatic carbocycles. The van der Waals surface area contributed by atoms with Crippen molar-refractivity contribution in [3.05, 3.63) is 40.6 Å². The summed E-state index contributed by atoms with van der Waals surface area (Å²) in [6.07, 6.45) is 6.24. The second-order valence-electron chi connectivity index (χ2n) is 7.10. The zero-order valence-corrected chi connectivity index (χ0v) is 17.0. The van der Waals surface area contributed by atoms with Crippen LogP contribution in [-0.4, -0.2) is 56.5 Å². The van der Waals surface area contributed by atoms with Gasteiger partial charge in [-0.3, -0.25) is 9.59 Å². The molecule has 0 unspecified atom stereocenters. The smallest absolute Gasteiger partial charge is 0.253 e. The fourth-order valence-corrected chi connectivity index (χ4v) is 3.74. The standard InChI is InChI=1S/C19H24ClN7O2/c1-12-25-17(20)15(18(21)26-12)3-2-13-5-8-27(9-6-13)16(28)11-22-19(29)14-4-7-23-24-10-14/h4,7,10,13H,2-3,5-6,8-9,11H2,1H3,(H,22,29)(H2,21,25,26). The van der Waals surface area contributed by atoms with Crippen molar-refractivity contribution in [1.82, 2.24) is 30.4 Å². The number of hydrogen-bond donors (Lipinski definition) is 2. The number of likely N-dealkylation sites (tertiary alicyclic amines) is 1. The van der Waals surface area contributed by atoms with Crippen LogP contribution in [0.1, 0.15) is 41.0 Å². The summed E-state index contributed by atoms with van der Waals surface area (Å²) in [5, 5.41) is 10.3. The summed E-state index contributed by atoms with van der Waals surface area (Å²) in [4.78, 5) is 34.5. The van der Waals surface area contributed by atoms with E-state index in [9.17, 15) is 9.59 Å². The Morgan fingerprint density at radius 1 is 1.28 bits per heavy atom. The normalized spacial score (nSPS) is 14.6. The number of nitrogens with zero attached hydrogens (tertiary/aromatic N) is 5. The molecule has 10 heteroatoms. The van der Waals surface area contributed by atoms with E-state index in [1.807, 2.05) is 0 Å². The molecule has 0 spiro atoms. The number of amides is 2. The number of piperidine rings is 1. The fourth-order valence-electron chi connectivity index (χ4n) is 3.43. The van der Waals surface area contributed by atoms with Crippen LogP contribution in [0.3, 0.4) is 0 Å². The molecule has 3 rings (SSSR count). The van der Waals surface area contributed by atoms with E-state index in [0.29, 0.717) is 41.4 Å². The summed E-state index contributed by atoms with van der Waals surface area (Å²) in [5.74, 6) is 1.06. The minimum atomic E-state index is -0.335. The van der Waals surface area contributed by atoms with Crippen molar-refractivity contribution in [2.75, 3.05) is 25.4 Å². The summed E-state index contributed by atoms with van der Waals surface area (Å²) in [6.45, 7) is 3.07. The summed E-state index contributed by atoms with van der Waals surface area (Å²) >= 11 is 6.20. The third kappa shape index (κ3) is 5.60. The molecular formula is C19H24ClN7O2. The molecule has 29 heavy (non-hydrogen) atoms. The predicted molar refractivity (Wildman–Crippen MR) is 108 cm³/mol. The maximum atomic E-state index is 12.4. The van der Waals surface area contributed by atoms with Gasteiger partial charge in [0.25, 0.3) is 5.91 Å². The van der Waals surface area contributed by atoms with Gasteiger partial charge in [-0.2, -0.15) is 10.2 Å². The summed E-state index contributed by atoms with van der Waals surface area (Å²) in [6, 6.07) is 1.55. The molecule has 2 aromatic heterocycles. The number of aromatic nitrogens is 4. The number of nitrogens with one attached hydrogen (secondary N) is 1. The molecule has 2 amide bonds. The molecule has 0 radical (unpaired) electrons. The van der Waals surface area contributed by atoms with E-state index in [-0.39, 0.29) is 18.4 Å². The van der Waals surface area contributed by atoms with E-state index >= 15 is 0 Å². The van der Waals surface area contributed by atoms with Gasteiger partial charge in [-0.25, -0.2) is 9.97 Å². The van der Waals surface area contributed by atoms with Crippen LogP contribution >= 0.6 is 11.6 Å². The molecular weight excluding hydrogens is 394 g/mol. The van der Waals surface area contributed by atoms with Crippen LogP contribution < -0.4 is 11.1 Å². The van der Waals surface area contributed by atoms with Crippen molar-refractivity contribution in [3.8, 4) is 0 Å². The second kappa shape index (κ2) is 9.60. The molecule has 0 bridgehead atoms. The number of hydrogen-bond acceptors (Lipinski definition) is 7. The lowest BCUT2D eigenvalue weighted by Gasteiger charge is -2.32. The number of carbonyl (C=O) groups is 2. The second-order valence-corrected chi connectivity index (χ2v) is 7.46. The van der Waals surface area contributed by atoms with Gasteiger partial charge in [-0.05, 0) is 44.6 Å². The van der Waals surface area contributed by atoms with Crippen LogP contribution in [0.4, 0.5) is 5.82 Å². The van der Waals surface area contributed by atoms with Crippen LogP contribution in [0.25, 0.3) is 0 Å². The Labute approximate surface area is 174 Å². The molecule has 3 heterocycles. The molecule has 9 nitrogen and oxygen atoms in total. The average molecular weight is 418 g/mol. The topological polar surface area (TPSA) is 127 Å². The Bertz CT molecular complexity index is 847. The fraction of sp³-hybridized carbons (Fsp3) is 0.474. The van der Waals surface area contributed by atoms with Gasteiger partial charge in [0.2, 0.25) is 5.91 Å². The van der Waals surface area contributed by atoms with Crippen LogP contribution in [0.15, 0.2) is 18.5 Å². The lowest BCUT2D eigenvalue weighted by Crippen LogP contribution is -2.44. The van der Waals surface area contributed by atoms with Gasteiger partial charge in [0, 0.05) is 18.7 Å². The van der Waals surface area contributed by atoms with Crippen LogP contribution in [-0.2, 0) is 11.2 Å². The molecule has 1 aliphatic rings. The number of halogens is 1. The average Bonchev–Trinajstić information content (AvgIpc) is 2.72. The predicted octanol–water partition coefficient (Wildman–Crippen LogP) is 1.41. The van der Waals surface area contributed by atoms with E-state index in [0.717, 1.165) is 31.2 Å². The Kier molecular flexibility index (Phi) is 6.92. The quantitative estimate of drug-likeness (QED) is 0.680. The van der Waals surface area contributed by atoms with Crippen LogP contribution in [0, 0.1) is 12.8 Å². The summed E-state index contributed by atoms with van der Waals surface area (Å²) < 4.78 is 0. The van der Waals surface area contributed by atoms with Crippen molar-refractivity contribution in [2.45, 2.75) is 32.6 Å². The van der Waals surface area contributed by atoms with Gasteiger partial charge in [-0.1, -0.05) is 11.6 Å². The molecule has 1 aliphatic heterocycles. The zero-order chi connectivity index (χ0) is 20.8. The minimum Gasteiger partial charge on any atom is -0.383 e. The number of anilines is 1. The summed E-state index contributed by atoms with van der Waals surface area (Å²) in [7, 11) is 0. The monoisotopic (exact) mass is 417 g/mol. The Balaban J connectivity index is 1.42. The molecule has 1 fully saturated rings. The Hall–Kier alpha value is -2.81. The third-order valence-electron chi connectivity index (χ3n) is 5.12. The molecule has 0 atom stereocenters. The van der Waals surface area contributed by atoms with Crippen LogP contribution in [0.5, 0.6) is 0 Å². The van der Waals surface area contributed by atoms with E-state index in [1.54, 1.807) is 17.9 Å². The van der Waals surface area contributed by atoms with E-state index in [4.69, 9.17) is 17.3 Å². The highest BCUT2D eigenvalue weighted by Gasteiger charge is 2.23. The number of nitrogen functional groups attached to an aromatic ring is 1. The lowest BCUT2D eigenvalue weighted by molar-refractivity contribution is -0.131. The van der Waals surface area contributed by atoms with Gasteiger partial charge in [0.1, 0.15) is 16.8 Å². The number of aryl methyl sites for hydroxylation is 1. The first kappa shape index (κ1) is 20.9. The first-order chi connectivity index (χ1) is 13.9. The van der Waals surface area contributed by atoms with Crippen molar-refractivity contribution in [3.63, 3.8) is 0 Å². The molecule has 3 N–H and O–H groups in total. The van der Waals surface area contributed by atoms with Crippen molar-refractivity contribution in [2.24, 2.45) is 5.92 Å². The number of nitrogens with two attached hydrogens (primary N) is 1. The van der Waals surface area contributed by atoms with Gasteiger partial charge < -0.3 is 16.0 Å². The molecule has 0 saturated carbocycles. The number of rotatable bonds is 6. The maximum absolute atomic E-state index is 12.4. The maximum Gasteiger partial charge on any atom is 0.253 e. The minimum absolute atomic E-state index is 0.0291. The Morgan fingerprint density at radius 3 is 2.69 bits per heavy atom. The van der Waals surface area contributed by atoms with Gasteiger partial charge in [0.05, 0.1) is 24.5 Å². The van der Waals surface area contributed by atoms with Gasteiger partial charge >= 0.3 is 0 Å². The van der Waals surface area contributed by atoms with E-state index in [2.05, 4.69) is 25.5 Å². The zero-order valence-electron chi connectivity index (χ0n) is 16.3. The number of carbonyl (C=O) groups excluding carboxylic acids is 2.